The van der Waals surface area contributed by atoms with Crippen LogP contribution in [0.4, 0.5) is 0 Å². The Morgan fingerprint density at radius 1 is 1.24 bits per heavy atom. The van der Waals surface area contributed by atoms with Crippen LogP contribution in [0.1, 0.15) is 16.8 Å². The lowest BCUT2D eigenvalue weighted by molar-refractivity contribution is 0.1000. The molecule has 0 radical (unpaired) electrons. The van der Waals surface area contributed by atoms with E-state index in [0.29, 0.717) is 35.8 Å². The van der Waals surface area contributed by atoms with Gasteiger partial charge in [-0.05, 0) is 36.4 Å². The van der Waals surface area contributed by atoms with E-state index in [4.69, 9.17) is 20.3 Å². The number of carbonyl (C=O) groups is 1. The van der Waals surface area contributed by atoms with Crippen LogP contribution in [0.5, 0.6) is 17.2 Å². The van der Waals surface area contributed by atoms with E-state index >= 15 is 0 Å². The van der Waals surface area contributed by atoms with E-state index < -0.39 is 5.91 Å². The molecule has 1 heterocycles. The lowest BCUT2D eigenvalue weighted by Gasteiger charge is -2.11. The zero-order valence-corrected chi connectivity index (χ0v) is 13.8. The molecule has 0 saturated carbocycles. The Kier molecular flexibility index (Phi) is 4.85. The number of rotatable bonds is 7. The minimum Gasteiger partial charge on any atom is -0.494 e. The summed E-state index contributed by atoms with van der Waals surface area (Å²) in [5, 5.41) is 13.7. The average molecular weight is 341 g/mol. The number of amides is 1. The Hall–Kier alpha value is -3.06. The Morgan fingerprint density at radius 3 is 2.64 bits per heavy atom. The molecule has 1 aromatic heterocycles. The van der Waals surface area contributed by atoms with Crippen molar-refractivity contribution >= 4 is 16.8 Å². The number of hydrogen-bond acceptors (Lipinski definition) is 5. The van der Waals surface area contributed by atoms with Gasteiger partial charge in [0.2, 0.25) is 5.91 Å². The molecule has 0 atom stereocenters. The first-order valence-corrected chi connectivity index (χ1v) is 7.85. The van der Waals surface area contributed by atoms with Gasteiger partial charge in [0.25, 0.3) is 0 Å². The van der Waals surface area contributed by atoms with Crippen LogP contribution < -0.4 is 15.2 Å². The fraction of sp³-hybridized carbons (Fsp3) is 0.222. The van der Waals surface area contributed by atoms with Crippen molar-refractivity contribution in [3.05, 3.63) is 48.2 Å². The minimum absolute atomic E-state index is 0.0953. The Bertz CT molecular complexity index is 887. The van der Waals surface area contributed by atoms with Gasteiger partial charge in [-0.15, -0.1) is 0 Å². The maximum Gasteiger partial charge on any atom is 0.248 e. The molecule has 0 aliphatic carbocycles. The van der Waals surface area contributed by atoms with Gasteiger partial charge in [0.05, 0.1) is 12.8 Å². The molecule has 3 aromatic rings. The SMILES string of the molecule is Cn1ncc2cc(C(N)=O)cc(Oc3ccc(OCCCO)cc3)c21. The predicted octanol–water partition coefficient (Wildman–Crippen LogP) is 2.23. The van der Waals surface area contributed by atoms with Crippen LogP contribution >= 0.6 is 0 Å². The summed E-state index contributed by atoms with van der Waals surface area (Å²) < 4.78 is 13.1. The quantitative estimate of drug-likeness (QED) is 0.642. The summed E-state index contributed by atoms with van der Waals surface area (Å²) in [5.41, 5.74) is 6.53. The number of primary amides is 1. The molecule has 3 N–H and O–H groups in total. The summed E-state index contributed by atoms with van der Waals surface area (Å²) in [6.45, 7) is 0.547. The molecule has 25 heavy (non-hydrogen) atoms. The molecular weight excluding hydrogens is 322 g/mol. The molecule has 2 aromatic carbocycles. The van der Waals surface area contributed by atoms with Crippen molar-refractivity contribution in [2.45, 2.75) is 6.42 Å². The molecule has 0 aliphatic heterocycles. The third-order valence-electron chi connectivity index (χ3n) is 3.71. The van der Waals surface area contributed by atoms with Crippen LogP contribution in [-0.4, -0.2) is 34.0 Å². The van der Waals surface area contributed by atoms with Crippen LogP contribution in [0.25, 0.3) is 10.9 Å². The molecule has 0 spiro atoms. The highest BCUT2D eigenvalue weighted by Crippen LogP contribution is 2.32. The van der Waals surface area contributed by atoms with Crippen LogP contribution in [0.15, 0.2) is 42.6 Å². The van der Waals surface area contributed by atoms with Crippen molar-refractivity contribution in [3.8, 4) is 17.2 Å². The summed E-state index contributed by atoms with van der Waals surface area (Å²) in [4.78, 5) is 11.5. The third kappa shape index (κ3) is 3.72. The highest BCUT2D eigenvalue weighted by molar-refractivity contribution is 5.99. The highest BCUT2D eigenvalue weighted by atomic mass is 16.5. The van der Waals surface area contributed by atoms with E-state index in [9.17, 15) is 4.79 Å². The number of aliphatic hydroxyl groups excluding tert-OH is 1. The fourth-order valence-electron chi connectivity index (χ4n) is 2.49. The predicted molar refractivity (Wildman–Crippen MR) is 92.9 cm³/mol. The van der Waals surface area contributed by atoms with Gasteiger partial charge in [0.15, 0.2) is 5.75 Å². The van der Waals surface area contributed by atoms with Crippen molar-refractivity contribution < 1.29 is 19.4 Å². The standard InChI is InChI=1S/C18H19N3O4/c1-21-17-13(11-20-21)9-12(18(19)23)10-16(17)25-15-5-3-14(4-6-15)24-8-2-7-22/h3-6,9-11,22H,2,7-8H2,1H3,(H2,19,23). The van der Waals surface area contributed by atoms with Gasteiger partial charge < -0.3 is 20.3 Å². The zero-order valence-electron chi connectivity index (χ0n) is 13.8. The van der Waals surface area contributed by atoms with Crippen LogP contribution in [0.2, 0.25) is 0 Å². The Morgan fingerprint density at radius 2 is 1.96 bits per heavy atom. The number of nitrogens with two attached hydrogens (primary N) is 1. The fourth-order valence-corrected chi connectivity index (χ4v) is 2.49. The maximum atomic E-state index is 11.5. The molecule has 0 unspecified atom stereocenters. The van der Waals surface area contributed by atoms with Crippen molar-refractivity contribution in [1.82, 2.24) is 9.78 Å². The first-order valence-electron chi connectivity index (χ1n) is 7.85. The lowest BCUT2D eigenvalue weighted by Crippen LogP contribution is -2.11. The highest BCUT2D eigenvalue weighted by Gasteiger charge is 2.13. The second-order valence-electron chi connectivity index (χ2n) is 5.54. The van der Waals surface area contributed by atoms with Gasteiger partial charge in [0, 0.05) is 31.0 Å². The number of benzene rings is 2. The largest absolute Gasteiger partial charge is 0.494 e. The molecule has 7 heteroatoms. The minimum atomic E-state index is -0.525. The van der Waals surface area contributed by atoms with Gasteiger partial charge in [-0.2, -0.15) is 5.10 Å². The average Bonchev–Trinajstić information content (AvgIpc) is 2.98. The second kappa shape index (κ2) is 7.23. The van der Waals surface area contributed by atoms with E-state index in [1.54, 1.807) is 54.3 Å². The number of aryl methyl sites for hydroxylation is 1. The van der Waals surface area contributed by atoms with Gasteiger partial charge >= 0.3 is 0 Å². The van der Waals surface area contributed by atoms with E-state index in [2.05, 4.69) is 5.10 Å². The van der Waals surface area contributed by atoms with E-state index in [0.717, 1.165) is 10.9 Å². The normalized spacial score (nSPS) is 10.8. The Labute approximate surface area is 144 Å². The van der Waals surface area contributed by atoms with Gasteiger partial charge in [-0.3, -0.25) is 9.48 Å². The van der Waals surface area contributed by atoms with Crippen molar-refractivity contribution in [2.24, 2.45) is 12.8 Å². The molecule has 7 nitrogen and oxygen atoms in total. The van der Waals surface area contributed by atoms with Crippen molar-refractivity contribution in [2.75, 3.05) is 13.2 Å². The topological polar surface area (TPSA) is 99.6 Å². The van der Waals surface area contributed by atoms with Crippen molar-refractivity contribution in [1.29, 1.82) is 0 Å². The Balaban J connectivity index is 1.86. The van der Waals surface area contributed by atoms with E-state index in [-0.39, 0.29) is 6.61 Å². The lowest BCUT2D eigenvalue weighted by atomic mass is 10.1. The van der Waals surface area contributed by atoms with Gasteiger partial charge in [0.1, 0.15) is 17.0 Å². The summed E-state index contributed by atoms with van der Waals surface area (Å²) in [6, 6.07) is 10.4. The maximum absolute atomic E-state index is 11.5. The van der Waals surface area contributed by atoms with E-state index in [1.165, 1.54) is 0 Å². The summed E-state index contributed by atoms with van der Waals surface area (Å²) >= 11 is 0. The molecule has 0 bridgehead atoms. The number of nitrogens with zero attached hydrogens (tertiary/aromatic N) is 2. The zero-order chi connectivity index (χ0) is 17.8. The number of aliphatic hydroxyl groups is 1. The molecular formula is C18H19N3O4. The molecule has 0 aliphatic rings. The summed E-state index contributed by atoms with van der Waals surface area (Å²) in [5.74, 6) is 1.26. The molecule has 0 fully saturated rings. The number of fused-ring (bicyclic) bond motifs is 1. The van der Waals surface area contributed by atoms with E-state index in [1.807, 2.05) is 0 Å². The van der Waals surface area contributed by atoms with Gasteiger partial charge in [-0.1, -0.05) is 0 Å². The van der Waals surface area contributed by atoms with Crippen LogP contribution in [-0.2, 0) is 7.05 Å². The van der Waals surface area contributed by atoms with Crippen LogP contribution in [0.3, 0.4) is 0 Å². The summed E-state index contributed by atoms with van der Waals surface area (Å²) in [7, 11) is 1.80. The molecule has 130 valence electrons. The smallest absolute Gasteiger partial charge is 0.248 e. The third-order valence-corrected chi connectivity index (χ3v) is 3.71. The summed E-state index contributed by atoms with van der Waals surface area (Å²) in [6.07, 6.45) is 2.24. The first kappa shape index (κ1) is 16.8. The van der Waals surface area contributed by atoms with Crippen molar-refractivity contribution in [3.63, 3.8) is 0 Å². The number of carbonyl (C=O) groups excluding carboxylic acids is 1. The molecule has 3 rings (SSSR count). The second-order valence-corrected chi connectivity index (χ2v) is 5.54. The number of aromatic nitrogens is 2. The first-order chi connectivity index (χ1) is 12.1. The monoisotopic (exact) mass is 341 g/mol. The number of ether oxygens (including phenoxy) is 2. The number of hydrogen-bond donors (Lipinski definition) is 2. The van der Waals surface area contributed by atoms with Gasteiger partial charge in [-0.25, -0.2) is 0 Å². The van der Waals surface area contributed by atoms with Crippen LogP contribution in [0, 0.1) is 0 Å². The molecule has 0 saturated heterocycles. The molecule has 1 amide bonds.